The molecule has 0 bridgehead atoms. The number of imidazole rings is 1. The number of hydrogen-bond acceptors (Lipinski definition) is 3. The highest BCUT2D eigenvalue weighted by atomic mass is 16.1. The van der Waals surface area contributed by atoms with E-state index in [0.717, 1.165) is 23.3 Å². The molecule has 0 aliphatic carbocycles. The molecule has 0 amide bonds. The summed E-state index contributed by atoms with van der Waals surface area (Å²) in [5.74, 6) is 0.826. The van der Waals surface area contributed by atoms with Gasteiger partial charge in [0.1, 0.15) is 5.82 Å². The fourth-order valence-corrected chi connectivity index (χ4v) is 2.36. The molecule has 0 radical (unpaired) electrons. The molecule has 2 aromatic rings. The van der Waals surface area contributed by atoms with E-state index < -0.39 is 5.54 Å². The van der Waals surface area contributed by atoms with Crippen LogP contribution in [0.25, 0.3) is 11.0 Å². The number of nitrogens with two attached hydrogens (primary N) is 1. The van der Waals surface area contributed by atoms with Gasteiger partial charge in [-0.25, -0.2) is 4.98 Å². The monoisotopic (exact) mass is 259 g/mol. The zero-order valence-electron chi connectivity index (χ0n) is 11.8. The molecule has 0 saturated carbocycles. The first kappa shape index (κ1) is 13.7. The van der Waals surface area contributed by atoms with Crippen LogP contribution in [-0.2, 0) is 18.3 Å². The number of aryl methyl sites for hydroxylation is 1. The molecule has 0 spiro atoms. The molecule has 0 aliphatic rings. The Morgan fingerprint density at radius 3 is 2.74 bits per heavy atom. The summed E-state index contributed by atoms with van der Waals surface area (Å²) in [6, 6.07) is 7.88. The molecule has 4 heteroatoms. The van der Waals surface area contributed by atoms with E-state index in [1.54, 1.807) is 0 Å². The van der Waals surface area contributed by atoms with Crippen molar-refractivity contribution in [2.24, 2.45) is 12.8 Å². The molecule has 4 nitrogen and oxygen atoms in total. The van der Waals surface area contributed by atoms with Crippen LogP contribution < -0.4 is 5.73 Å². The summed E-state index contributed by atoms with van der Waals surface area (Å²) in [7, 11) is 1.94. The van der Waals surface area contributed by atoms with E-state index in [1.165, 1.54) is 0 Å². The van der Waals surface area contributed by atoms with Crippen molar-refractivity contribution in [3.8, 4) is 0 Å². The van der Waals surface area contributed by atoms with Crippen LogP contribution in [0.1, 0.15) is 32.5 Å². The van der Waals surface area contributed by atoms with Crippen molar-refractivity contribution in [2.75, 3.05) is 0 Å². The first-order chi connectivity index (χ1) is 8.95. The molecular formula is C15H21N3O. The average molecular weight is 259 g/mol. The number of benzene rings is 1. The van der Waals surface area contributed by atoms with Crippen molar-refractivity contribution in [1.82, 2.24) is 9.55 Å². The Balaban J connectivity index is 2.27. The normalized spacial score (nSPS) is 14.5. The van der Waals surface area contributed by atoms with Gasteiger partial charge in [-0.05, 0) is 25.5 Å². The Hall–Kier alpha value is -1.68. The zero-order valence-corrected chi connectivity index (χ0v) is 11.8. The molecule has 1 aromatic carbocycles. The van der Waals surface area contributed by atoms with Crippen LogP contribution in [-0.4, -0.2) is 20.9 Å². The summed E-state index contributed by atoms with van der Waals surface area (Å²) < 4.78 is 1.97. The number of rotatable bonds is 5. The van der Waals surface area contributed by atoms with E-state index in [9.17, 15) is 4.79 Å². The molecule has 2 rings (SSSR count). The lowest BCUT2D eigenvalue weighted by molar-refractivity contribution is -0.123. The fraction of sp³-hybridized carbons (Fsp3) is 0.467. The Kier molecular flexibility index (Phi) is 3.71. The number of hydrogen-bond donors (Lipinski definition) is 1. The van der Waals surface area contributed by atoms with E-state index >= 15 is 0 Å². The predicted molar refractivity (Wildman–Crippen MR) is 76.9 cm³/mol. The molecule has 0 saturated heterocycles. The van der Waals surface area contributed by atoms with Crippen molar-refractivity contribution in [3.05, 3.63) is 30.1 Å². The van der Waals surface area contributed by atoms with E-state index in [2.05, 4.69) is 4.98 Å². The first-order valence-electron chi connectivity index (χ1n) is 6.68. The van der Waals surface area contributed by atoms with Crippen molar-refractivity contribution >= 4 is 16.8 Å². The number of Topliss-reactive ketones (excluding diaryl/α,β-unsaturated/α-hetero) is 1. The van der Waals surface area contributed by atoms with Gasteiger partial charge < -0.3 is 10.3 Å². The molecule has 19 heavy (non-hydrogen) atoms. The minimum absolute atomic E-state index is 0.0488. The third kappa shape index (κ3) is 2.68. The van der Waals surface area contributed by atoms with Gasteiger partial charge in [-0.2, -0.15) is 0 Å². The molecule has 1 heterocycles. The maximum Gasteiger partial charge on any atom is 0.159 e. The van der Waals surface area contributed by atoms with Gasteiger partial charge in [-0.15, -0.1) is 0 Å². The first-order valence-corrected chi connectivity index (χ1v) is 6.68. The largest absolute Gasteiger partial charge is 0.331 e. The SMILES string of the molecule is CCCC(C)(N)C(=O)Cc1nc2ccccc2n1C. The smallest absolute Gasteiger partial charge is 0.159 e. The number of para-hydroxylation sites is 2. The van der Waals surface area contributed by atoms with Crippen molar-refractivity contribution in [3.63, 3.8) is 0 Å². The quantitative estimate of drug-likeness (QED) is 0.895. The van der Waals surface area contributed by atoms with Gasteiger partial charge in [0.25, 0.3) is 0 Å². The van der Waals surface area contributed by atoms with Crippen LogP contribution >= 0.6 is 0 Å². The molecule has 1 unspecified atom stereocenters. The summed E-state index contributed by atoms with van der Waals surface area (Å²) in [6.07, 6.45) is 1.90. The lowest BCUT2D eigenvalue weighted by Gasteiger charge is -2.22. The van der Waals surface area contributed by atoms with Crippen LogP contribution in [0.3, 0.4) is 0 Å². The molecule has 0 fully saturated rings. The highest BCUT2D eigenvalue weighted by Crippen LogP contribution is 2.17. The number of fused-ring (bicyclic) bond motifs is 1. The minimum atomic E-state index is -0.757. The van der Waals surface area contributed by atoms with E-state index in [-0.39, 0.29) is 12.2 Å². The van der Waals surface area contributed by atoms with E-state index in [1.807, 2.05) is 49.7 Å². The van der Waals surface area contributed by atoms with Crippen LogP contribution in [0.5, 0.6) is 0 Å². The zero-order chi connectivity index (χ0) is 14.0. The Morgan fingerprint density at radius 1 is 1.42 bits per heavy atom. The number of carbonyl (C=O) groups excluding carboxylic acids is 1. The second kappa shape index (κ2) is 5.13. The summed E-state index contributed by atoms with van der Waals surface area (Å²) in [6.45, 7) is 3.84. The second-order valence-electron chi connectivity index (χ2n) is 5.34. The molecule has 1 atom stereocenters. The van der Waals surface area contributed by atoms with Gasteiger partial charge in [-0.3, -0.25) is 4.79 Å². The predicted octanol–water partition coefficient (Wildman–Crippen LogP) is 2.20. The number of nitrogens with zero attached hydrogens (tertiary/aromatic N) is 2. The molecule has 1 aromatic heterocycles. The Bertz CT molecular complexity index is 598. The second-order valence-corrected chi connectivity index (χ2v) is 5.34. The standard InChI is InChI=1S/C15H21N3O/c1-4-9-15(2,16)13(19)10-14-17-11-7-5-6-8-12(11)18(14)3/h5-8H,4,9-10,16H2,1-3H3. The molecule has 2 N–H and O–H groups in total. The Labute approximate surface area is 113 Å². The van der Waals surface area contributed by atoms with Gasteiger partial charge in [-0.1, -0.05) is 25.5 Å². The van der Waals surface area contributed by atoms with Gasteiger partial charge >= 0.3 is 0 Å². The highest BCUT2D eigenvalue weighted by molar-refractivity contribution is 5.89. The fourth-order valence-electron chi connectivity index (χ4n) is 2.36. The minimum Gasteiger partial charge on any atom is -0.331 e. The summed E-state index contributed by atoms with van der Waals surface area (Å²) in [5, 5.41) is 0. The summed E-state index contributed by atoms with van der Waals surface area (Å²) in [4.78, 5) is 16.8. The van der Waals surface area contributed by atoms with Crippen molar-refractivity contribution < 1.29 is 4.79 Å². The number of aromatic nitrogens is 2. The van der Waals surface area contributed by atoms with Gasteiger partial charge in [0.2, 0.25) is 0 Å². The van der Waals surface area contributed by atoms with Crippen LogP contribution in [0.2, 0.25) is 0 Å². The molecule has 0 aliphatic heterocycles. The van der Waals surface area contributed by atoms with Crippen molar-refractivity contribution in [2.45, 2.75) is 38.6 Å². The summed E-state index contributed by atoms with van der Waals surface area (Å²) >= 11 is 0. The topological polar surface area (TPSA) is 60.9 Å². The van der Waals surface area contributed by atoms with Crippen LogP contribution in [0.15, 0.2) is 24.3 Å². The third-order valence-corrected chi connectivity index (χ3v) is 3.60. The average Bonchev–Trinajstić information content (AvgIpc) is 2.67. The van der Waals surface area contributed by atoms with Gasteiger partial charge in [0, 0.05) is 7.05 Å². The highest BCUT2D eigenvalue weighted by Gasteiger charge is 2.28. The number of ketones is 1. The van der Waals surface area contributed by atoms with Gasteiger partial charge in [0.15, 0.2) is 5.78 Å². The summed E-state index contributed by atoms with van der Waals surface area (Å²) in [5.41, 5.74) is 7.28. The molecule has 102 valence electrons. The molecular weight excluding hydrogens is 238 g/mol. The van der Waals surface area contributed by atoms with Crippen LogP contribution in [0.4, 0.5) is 0 Å². The van der Waals surface area contributed by atoms with Crippen molar-refractivity contribution in [1.29, 1.82) is 0 Å². The van der Waals surface area contributed by atoms with Crippen LogP contribution in [0, 0.1) is 0 Å². The maximum atomic E-state index is 12.3. The Morgan fingerprint density at radius 2 is 2.11 bits per heavy atom. The lowest BCUT2D eigenvalue weighted by Crippen LogP contribution is -2.45. The van der Waals surface area contributed by atoms with E-state index in [0.29, 0.717) is 6.42 Å². The lowest BCUT2D eigenvalue weighted by atomic mass is 9.90. The third-order valence-electron chi connectivity index (χ3n) is 3.60. The van der Waals surface area contributed by atoms with E-state index in [4.69, 9.17) is 5.73 Å². The number of carbonyl (C=O) groups is 1. The van der Waals surface area contributed by atoms with Gasteiger partial charge in [0.05, 0.1) is 23.0 Å². The maximum absolute atomic E-state index is 12.3.